The first-order valence-electron chi connectivity index (χ1n) is 6.49. The highest BCUT2D eigenvalue weighted by Crippen LogP contribution is 2.25. The molecular weight excluding hydrogens is 244 g/mol. The van der Waals surface area contributed by atoms with Crippen molar-refractivity contribution < 1.29 is 9.84 Å². The molecule has 1 fully saturated rings. The molecule has 3 heterocycles. The maximum Gasteiger partial charge on any atom is 0.243 e. The van der Waals surface area contributed by atoms with Crippen LogP contribution in [0.5, 0.6) is 0 Å². The molecule has 0 amide bonds. The highest BCUT2D eigenvalue weighted by molar-refractivity contribution is 5.44. The Morgan fingerprint density at radius 2 is 2.42 bits per heavy atom. The van der Waals surface area contributed by atoms with Gasteiger partial charge < -0.3 is 15.2 Å². The third-order valence-corrected chi connectivity index (χ3v) is 3.76. The summed E-state index contributed by atoms with van der Waals surface area (Å²) < 4.78 is 7.18. The first-order valence-corrected chi connectivity index (χ1v) is 6.49. The molecule has 2 unspecified atom stereocenters. The van der Waals surface area contributed by atoms with E-state index in [1.54, 1.807) is 4.52 Å². The summed E-state index contributed by atoms with van der Waals surface area (Å²) in [4.78, 5) is 4.38. The van der Waals surface area contributed by atoms with Gasteiger partial charge in [-0.05, 0) is 26.0 Å². The summed E-state index contributed by atoms with van der Waals surface area (Å²) in [6.45, 7) is 4.85. The maximum atomic E-state index is 10.4. The predicted octanol–water partition coefficient (Wildman–Crippen LogP) is 0.990. The molecule has 6 heteroatoms. The zero-order valence-electron chi connectivity index (χ0n) is 11.1. The van der Waals surface area contributed by atoms with Gasteiger partial charge in [0.2, 0.25) is 5.95 Å². The van der Waals surface area contributed by atoms with Gasteiger partial charge in [-0.15, -0.1) is 5.10 Å². The second-order valence-corrected chi connectivity index (χ2v) is 5.09. The van der Waals surface area contributed by atoms with Crippen molar-refractivity contribution in [2.75, 3.05) is 18.5 Å². The minimum atomic E-state index is -0.841. The molecule has 2 N–H and O–H groups in total. The number of aliphatic hydroxyl groups is 1. The molecule has 3 rings (SSSR count). The average Bonchev–Trinajstić information content (AvgIpc) is 2.93. The van der Waals surface area contributed by atoms with E-state index < -0.39 is 5.60 Å². The first-order chi connectivity index (χ1) is 9.08. The minimum Gasteiger partial charge on any atom is -0.385 e. The van der Waals surface area contributed by atoms with Crippen molar-refractivity contribution in [3.05, 3.63) is 23.9 Å². The Morgan fingerprint density at radius 1 is 1.58 bits per heavy atom. The Labute approximate surface area is 111 Å². The van der Waals surface area contributed by atoms with Gasteiger partial charge >= 0.3 is 0 Å². The van der Waals surface area contributed by atoms with Gasteiger partial charge in [-0.2, -0.15) is 4.98 Å². The minimum absolute atomic E-state index is 0.168. The number of pyridine rings is 1. The van der Waals surface area contributed by atoms with Crippen molar-refractivity contribution in [1.29, 1.82) is 0 Å². The van der Waals surface area contributed by atoms with E-state index in [0.29, 0.717) is 25.5 Å². The molecule has 0 bridgehead atoms. The summed E-state index contributed by atoms with van der Waals surface area (Å²) in [6.07, 6.45) is 0.465. The lowest BCUT2D eigenvalue weighted by Crippen LogP contribution is -2.43. The van der Waals surface area contributed by atoms with Crippen LogP contribution in [0.3, 0.4) is 0 Å². The van der Waals surface area contributed by atoms with Crippen molar-refractivity contribution >= 4 is 11.6 Å². The van der Waals surface area contributed by atoms with Gasteiger partial charge in [0.25, 0.3) is 0 Å². The SMILES string of the molecule is Cc1cccc2nc(NCC3(O)CCOC3C)nn12. The van der Waals surface area contributed by atoms with Crippen LogP contribution in [0.1, 0.15) is 19.0 Å². The number of nitrogens with one attached hydrogen (secondary N) is 1. The van der Waals surface area contributed by atoms with Crippen molar-refractivity contribution in [3.63, 3.8) is 0 Å². The van der Waals surface area contributed by atoms with Gasteiger partial charge in [0, 0.05) is 25.3 Å². The summed E-state index contributed by atoms with van der Waals surface area (Å²) in [6, 6.07) is 5.83. The number of aromatic nitrogens is 3. The van der Waals surface area contributed by atoms with Crippen LogP contribution in [0, 0.1) is 6.92 Å². The molecule has 1 aliphatic heterocycles. The fraction of sp³-hybridized carbons (Fsp3) is 0.538. The van der Waals surface area contributed by atoms with Crippen molar-refractivity contribution in [1.82, 2.24) is 14.6 Å². The molecule has 2 aromatic rings. The predicted molar refractivity (Wildman–Crippen MR) is 71.2 cm³/mol. The molecule has 19 heavy (non-hydrogen) atoms. The van der Waals surface area contributed by atoms with Crippen LogP contribution in [0.2, 0.25) is 0 Å². The quantitative estimate of drug-likeness (QED) is 0.863. The number of aryl methyl sites for hydroxylation is 1. The van der Waals surface area contributed by atoms with Gasteiger partial charge in [0.05, 0.1) is 6.10 Å². The Hall–Kier alpha value is -1.66. The first kappa shape index (κ1) is 12.4. The van der Waals surface area contributed by atoms with E-state index in [9.17, 15) is 5.11 Å². The zero-order chi connectivity index (χ0) is 13.5. The smallest absolute Gasteiger partial charge is 0.243 e. The number of ether oxygens (including phenoxy) is 1. The van der Waals surface area contributed by atoms with Gasteiger partial charge in [-0.3, -0.25) is 0 Å². The van der Waals surface area contributed by atoms with E-state index in [-0.39, 0.29) is 6.10 Å². The van der Waals surface area contributed by atoms with Crippen LogP contribution < -0.4 is 5.32 Å². The van der Waals surface area contributed by atoms with E-state index in [1.165, 1.54) is 0 Å². The highest BCUT2D eigenvalue weighted by Gasteiger charge is 2.39. The van der Waals surface area contributed by atoms with E-state index in [2.05, 4.69) is 15.4 Å². The molecule has 6 nitrogen and oxygen atoms in total. The fourth-order valence-corrected chi connectivity index (χ4v) is 2.35. The molecule has 0 saturated carbocycles. The number of hydrogen-bond donors (Lipinski definition) is 2. The third kappa shape index (κ3) is 2.17. The summed E-state index contributed by atoms with van der Waals surface area (Å²) in [5, 5.41) is 17.9. The summed E-state index contributed by atoms with van der Waals surface area (Å²) in [5.41, 5.74) is 0.978. The number of nitrogens with zero attached hydrogens (tertiary/aromatic N) is 3. The van der Waals surface area contributed by atoms with Crippen LogP contribution in [-0.2, 0) is 4.74 Å². The van der Waals surface area contributed by atoms with E-state index in [0.717, 1.165) is 11.3 Å². The largest absolute Gasteiger partial charge is 0.385 e. The van der Waals surface area contributed by atoms with Gasteiger partial charge in [0.1, 0.15) is 5.60 Å². The normalized spacial score (nSPS) is 27.0. The molecular formula is C13H18N4O2. The van der Waals surface area contributed by atoms with Crippen LogP contribution in [-0.4, -0.2) is 44.6 Å². The summed E-state index contributed by atoms with van der Waals surface area (Å²) in [7, 11) is 0. The number of hydrogen-bond acceptors (Lipinski definition) is 5. The monoisotopic (exact) mass is 262 g/mol. The molecule has 2 aromatic heterocycles. The van der Waals surface area contributed by atoms with Crippen LogP contribution in [0.15, 0.2) is 18.2 Å². The summed E-state index contributed by atoms with van der Waals surface area (Å²) >= 11 is 0. The van der Waals surface area contributed by atoms with Crippen molar-refractivity contribution in [2.45, 2.75) is 32.0 Å². The molecule has 102 valence electrons. The fourth-order valence-electron chi connectivity index (χ4n) is 2.35. The topological polar surface area (TPSA) is 71.7 Å². The molecule has 0 aromatic carbocycles. The van der Waals surface area contributed by atoms with Crippen LogP contribution in [0.25, 0.3) is 5.65 Å². The summed E-state index contributed by atoms with van der Waals surface area (Å²) in [5.74, 6) is 0.529. The average molecular weight is 262 g/mol. The number of anilines is 1. The van der Waals surface area contributed by atoms with Crippen molar-refractivity contribution in [2.24, 2.45) is 0 Å². The Balaban J connectivity index is 1.77. The zero-order valence-corrected chi connectivity index (χ0v) is 11.1. The Bertz CT molecular complexity index is 597. The van der Waals surface area contributed by atoms with E-state index in [4.69, 9.17) is 4.74 Å². The number of rotatable bonds is 3. The lowest BCUT2D eigenvalue weighted by atomic mass is 9.97. The molecule has 0 aliphatic carbocycles. The third-order valence-electron chi connectivity index (χ3n) is 3.76. The molecule has 1 saturated heterocycles. The van der Waals surface area contributed by atoms with Gasteiger partial charge in [-0.1, -0.05) is 6.07 Å². The second kappa shape index (κ2) is 4.47. The Kier molecular flexibility index (Phi) is 2.91. The van der Waals surface area contributed by atoms with Gasteiger partial charge in [0.15, 0.2) is 5.65 Å². The van der Waals surface area contributed by atoms with Crippen molar-refractivity contribution in [3.8, 4) is 0 Å². The lowest BCUT2D eigenvalue weighted by molar-refractivity contribution is -0.0176. The maximum absolute atomic E-state index is 10.4. The number of fused-ring (bicyclic) bond motifs is 1. The molecule has 0 radical (unpaired) electrons. The van der Waals surface area contributed by atoms with Gasteiger partial charge in [-0.25, -0.2) is 4.52 Å². The van der Waals surface area contributed by atoms with E-state index in [1.807, 2.05) is 32.0 Å². The Morgan fingerprint density at radius 3 is 3.11 bits per heavy atom. The van der Waals surface area contributed by atoms with E-state index >= 15 is 0 Å². The second-order valence-electron chi connectivity index (χ2n) is 5.09. The van der Waals surface area contributed by atoms with Crippen LogP contribution in [0.4, 0.5) is 5.95 Å². The van der Waals surface area contributed by atoms with Crippen LogP contribution >= 0.6 is 0 Å². The lowest BCUT2D eigenvalue weighted by Gasteiger charge is -2.25. The molecule has 1 aliphatic rings. The standard InChI is InChI=1S/C13H18N4O2/c1-9-4-3-5-11-15-12(16-17(9)11)14-8-13(18)6-7-19-10(13)2/h3-5,10,18H,6-8H2,1-2H3,(H,14,16). The molecule has 2 atom stereocenters. The molecule has 0 spiro atoms. The highest BCUT2D eigenvalue weighted by atomic mass is 16.5.